The van der Waals surface area contributed by atoms with Gasteiger partial charge in [-0.25, -0.2) is 0 Å². The van der Waals surface area contributed by atoms with E-state index in [1.165, 1.54) is 25.9 Å². The fourth-order valence-corrected chi connectivity index (χ4v) is 3.08. The first-order valence-corrected chi connectivity index (χ1v) is 7.07. The summed E-state index contributed by atoms with van der Waals surface area (Å²) in [6, 6.07) is 8.97. The number of nitrogens with zero attached hydrogens (tertiary/aromatic N) is 1. The van der Waals surface area contributed by atoms with Crippen LogP contribution in [0.4, 0.5) is 0 Å². The Bertz CT molecular complexity index is 332. The van der Waals surface area contributed by atoms with Crippen LogP contribution in [0.5, 0.6) is 0 Å². The second kappa shape index (κ2) is 6.20. The number of likely N-dealkylation sites (tertiary alicyclic amines) is 1. The summed E-state index contributed by atoms with van der Waals surface area (Å²) in [6.45, 7) is 10.5. The largest absolute Gasteiger partial charge is 0.304 e. The molecule has 1 aromatic carbocycles. The Kier molecular flexibility index (Phi) is 5.20. The van der Waals surface area contributed by atoms with Gasteiger partial charge < -0.3 is 4.90 Å². The molecule has 1 nitrogen and oxygen atoms in total. The van der Waals surface area contributed by atoms with Gasteiger partial charge in [0.1, 0.15) is 0 Å². The minimum absolute atomic E-state index is 0.547. The second-order valence-corrected chi connectivity index (χ2v) is 4.61. The van der Waals surface area contributed by atoms with Crippen LogP contribution in [0.25, 0.3) is 0 Å². The van der Waals surface area contributed by atoms with Crippen molar-refractivity contribution in [3.63, 3.8) is 0 Å². The molecule has 0 amide bonds. The van der Waals surface area contributed by atoms with Gasteiger partial charge in [0.05, 0.1) is 0 Å². The van der Waals surface area contributed by atoms with Crippen LogP contribution in [0.1, 0.15) is 45.2 Å². The normalized spacial score (nSPS) is 19.4. The number of aryl methyl sites for hydroxylation is 1. The van der Waals surface area contributed by atoms with Crippen LogP contribution in [0.15, 0.2) is 24.3 Å². The van der Waals surface area contributed by atoms with Crippen molar-refractivity contribution in [3.8, 4) is 0 Å². The van der Waals surface area contributed by atoms with Gasteiger partial charge in [-0.3, -0.25) is 0 Å². The molecule has 2 aliphatic rings. The van der Waals surface area contributed by atoms with Crippen molar-refractivity contribution in [2.75, 3.05) is 20.1 Å². The quantitative estimate of drug-likeness (QED) is 0.657. The molecule has 3 rings (SSSR count). The van der Waals surface area contributed by atoms with E-state index in [0.717, 1.165) is 0 Å². The average Bonchev–Trinajstić information content (AvgIpc) is 2.74. The fourth-order valence-electron chi connectivity index (χ4n) is 3.08. The Morgan fingerprint density at radius 3 is 2.18 bits per heavy atom. The first-order valence-electron chi connectivity index (χ1n) is 7.07. The van der Waals surface area contributed by atoms with Gasteiger partial charge in [0, 0.05) is 18.5 Å². The van der Waals surface area contributed by atoms with E-state index >= 15 is 0 Å². The molecule has 0 bridgehead atoms. The zero-order valence-corrected chi connectivity index (χ0v) is 12.1. The zero-order valence-electron chi connectivity index (χ0n) is 12.1. The highest BCUT2D eigenvalue weighted by Crippen LogP contribution is 2.44. The molecule has 0 radical (unpaired) electrons. The molecular formula is C16H27N. The van der Waals surface area contributed by atoms with Gasteiger partial charge in [0.2, 0.25) is 0 Å². The van der Waals surface area contributed by atoms with E-state index in [-0.39, 0.29) is 0 Å². The van der Waals surface area contributed by atoms with Crippen molar-refractivity contribution in [1.29, 1.82) is 0 Å². The molecule has 1 heterocycles. The van der Waals surface area contributed by atoms with Crippen LogP contribution in [-0.4, -0.2) is 25.0 Å². The molecule has 0 atom stereocenters. The average molecular weight is 233 g/mol. The van der Waals surface area contributed by atoms with E-state index in [2.05, 4.69) is 36.2 Å². The van der Waals surface area contributed by atoms with Gasteiger partial charge in [-0.15, -0.1) is 0 Å². The Hall–Kier alpha value is -0.820. The summed E-state index contributed by atoms with van der Waals surface area (Å²) in [4.78, 5) is 2.42. The van der Waals surface area contributed by atoms with Crippen molar-refractivity contribution in [3.05, 3.63) is 35.4 Å². The third-order valence-electron chi connectivity index (χ3n) is 3.61. The van der Waals surface area contributed by atoms with Gasteiger partial charge in [0.25, 0.3) is 0 Å². The van der Waals surface area contributed by atoms with E-state index in [1.54, 1.807) is 11.1 Å². The molecule has 1 heteroatoms. The van der Waals surface area contributed by atoms with Gasteiger partial charge in [-0.2, -0.15) is 0 Å². The van der Waals surface area contributed by atoms with E-state index in [1.807, 2.05) is 27.7 Å². The minimum atomic E-state index is 0.547. The summed E-state index contributed by atoms with van der Waals surface area (Å²) >= 11 is 0. The van der Waals surface area contributed by atoms with Gasteiger partial charge in [0.15, 0.2) is 0 Å². The molecule has 17 heavy (non-hydrogen) atoms. The summed E-state index contributed by atoms with van der Waals surface area (Å²) in [7, 11) is 2.21. The lowest BCUT2D eigenvalue weighted by molar-refractivity contribution is 0.0946. The summed E-state index contributed by atoms with van der Waals surface area (Å²) in [5.74, 6) is 0. The monoisotopic (exact) mass is 233 g/mol. The molecule has 0 aromatic heterocycles. The van der Waals surface area contributed by atoms with Gasteiger partial charge in [-0.1, -0.05) is 52.0 Å². The fraction of sp³-hybridized carbons (Fsp3) is 0.625. The van der Waals surface area contributed by atoms with E-state index in [4.69, 9.17) is 0 Å². The Morgan fingerprint density at radius 2 is 1.59 bits per heavy atom. The van der Waals surface area contributed by atoms with Crippen LogP contribution in [0, 0.1) is 0 Å². The molecule has 1 spiro atoms. The molecule has 0 N–H and O–H groups in total. The lowest BCUT2D eigenvalue weighted by atomic mass is 9.75. The lowest BCUT2D eigenvalue weighted by Gasteiger charge is -2.47. The van der Waals surface area contributed by atoms with E-state index < -0.39 is 0 Å². The van der Waals surface area contributed by atoms with Crippen LogP contribution in [-0.2, 0) is 11.8 Å². The first kappa shape index (κ1) is 14.2. The smallest absolute Gasteiger partial charge is 0.0213 e. The topological polar surface area (TPSA) is 3.24 Å². The number of likely N-dealkylation sites (N-methyl/N-ethyl adjacent to an activating group) is 1. The van der Waals surface area contributed by atoms with Gasteiger partial charge >= 0.3 is 0 Å². The van der Waals surface area contributed by atoms with E-state index in [9.17, 15) is 0 Å². The number of hydrogen-bond acceptors (Lipinski definition) is 1. The van der Waals surface area contributed by atoms with Gasteiger partial charge in [-0.05, 0) is 31.0 Å². The molecule has 1 aromatic rings. The van der Waals surface area contributed by atoms with Crippen molar-refractivity contribution in [2.24, 2.45) is 0 Å². The summed E-state index contributed by atoms with van der Waals surface area (Å²) < 4.78 is 0. The maximum atomic E-state index is 2.42. The van der Waals surface area contributed by atoms with E-state index in [0.29, 0.717) is 5.41 Å². The zero-order chi connectivity index (χ0) is 12.9. The van der Waals surface area contributed by atoms with Crippen molar-refractivity contribution < 1.29 is 0 Å². The first-order chi connectivity index (χ1) is 8.30. The Labute approximate surface area is 107 Å². The second-order valence-electron chi connectivity index (χ2n) is 4.61. The minimum Gasteiger partial charge on any atom is -0.304 e. The molecule has 1 saturated heterocycles. The number of rotatable bonds is 0. The van der Waals surface area contributed by atoms with Crippen LogP contribution < -0.4 is 0 Å². The summed E-state index contributed by atoms with van der Waals surface area (Å²) in [5.41, 5.74) is 3.77. The molecule has 1 fully saturated rings. The Balaban J connectivity index is 0.000000330. The standard InChI is InChI=1S/C12H15N.2C2H6/c1-13-8-12(9-13)7-6-10-4-2-3-5-11(10)12;2*1-2/h2-5H,6-9H2,1H3;2*1-2H3. The van der Waals surface area contributed by atoms with Crippen LogP contribution in [0.3, 0.4) is 0 Å². The third-order valence-corrected chi connectivity index (χ3v) is 3.61. The highest BCUT2D eigenvalue weighted by atomic mass is 15.2. The lowest BCUT2D eigenvalue weighted by Crippen LogP contribution is -2.56. The SMILES string of the molecule is CC.CC.CN1CC2(CCc3ccccc32)C1. The number of hydrogen-bond donors (Lipinski definition) is 0. The Morgan fingerprint density at radius 1 is 1.00 bits per heavy atom. The number of benzene rings is 1. The number of fused-ring (bicyclic) bond motifs is 2. The summed E-state index contributed by atoms with van der Waals surface area (Å²) in [5, 5.41) is 0. The highest BCUT2D eigenvalue weighted by Gasteiger charge is 2.46. The molecule has 1 aliphatic carbocycles. The molecule has 1 aliphatic heterocycles. The highest BCUT2D eigenvalue weighted by molar-refractivity contribution is 5.42. The van der Waals surface area contributed by atoms with Crippen molar-refractivity contribution in [1.82, 2.24) is 4.90 Å². The van der Waals surface area contributed by atoms with Crippen molar-refractivity contribution in [2.45, 2.75) is 46.0 Å². The molecule has 0 saturated carbocycles. The predicted molar refractivity (Wildman–Crippen MR) is 76.6 cm³/mol. The van der Waals surface area contributed by atoms with Crippen LogP contribution in [0.2, 0.25) is 0 Å². The maximum absolute atomic E-state index is 2.42. The molecule has 96 valence electrons. The van der Waals surface area contributed by atoms with Crippen LogP contribution >= 0.6 is 0 Å². The molecule has 0 unspecified atom stereocenters. The predicted octanol–water partition coefficient (Wildman–Crippen LogP) is 3.87. The molecular weight excluding hydrogens is 206 g/mol. The third kappa shape index (κ3) is 2.55. The van der Waals surface area contributed by atoms with Crippen molar-refractivity contribution >= 4 is 0 Å². The summed E-state index contributed by atoms with van der Waals surface area (Å²) in [6.07, 6.45) is 2.67. The maximum Gasteiger partial charge on any atom is 0.0213 e.